The van der Waals surface area contributed by atoms with Crippen LogP contribution in [0.1, 0.15) is 21.7 Å². The highest BCUT2D eigenvalue weighted by molar-refractivity contribution is 6.04. The Morgan fingerprint density at radius 1 is 1.09 bits per heavy atom. The van der Waals surface area contributed by atoms with Crippen molar-refractivity contribution in [3.05, 3.63) is 81.9 Å². The van der Waals surface area contributed by atoms with Gasteiger partial charge in [-0.2, -0.15) is 5.10 Å². The number of benzene rings is 2. The number of nitrogens with zero attached hydrogens (tertiary/aromatic N) is 5. The molecule has 182 valence electrons. The summed E-state index contributed by atoms with van der Waals surface area (Å²) in [4.78, 5) is 31.3. The van der Waals surface area contributed by atoms with Crippen LogP contribution in [-0.2, 0) is 18.3 Å². The van der Waals surface area contributed by atoms with E-state index in [1.807, 2.05) is 73.3 Å². The van der Waals surface area contributed by atoms with Crippen LogP contribution in [0, 0.1) is 6.92 Å². The number of amides is 1. The molecule has 0 unspecified atom stereocenters. The van der Waals surface area contributed by atoms with Gasteiger partial charge in [-0.15, -0.1) is 0 Å². The van der Waals surface area contributed by atoms with Crippen molar-refractivity contribution < 1.29 is 9.53 Å². The molecule has 4 aromatic rings. The minimum absolute atomic E-state index is 0.118. The third-order valence-corrected chi connectivity index (χ3v) is 6.77. The van der Waals surface area contributed by atoms with E-state index in [1.165, 1.54) is 0 Å². The monoisotopic (exact) mass is 474 g/mol. The standard InChI is InChI=1S/C26H30N6O3/c1-19-22(25(33)32(29(19)2)20-8-4-3-5-9-20)18-31(13-12-30-14-16-35-17-15-30)26(34)24-21-10-6-7-11-23(21)27-28-24/h3-11H,12-18H2,1-2H3,(H,27,28). The summed E-state index contributed by atoms with van der Waals surface area (Å²) in [6.45, 7) is 6.37. The second-order valence-electron chi connectivity index (χ2n) is 8.84. The fourth-order valence-electron chi connectivity index (χ4n) is 4.61. The van der Waals surface area contributed by atoms with Crippen LogP contribution < -0.4 is 5.56 Å². The number of aromatic amines is 1. The van der Waals surface area contributed by atoms with Crippen molar-refractivity contribution in [2.24, 2.45) is 7.05 Å². The number of rotatable bonds is 7. The van der Waals surface area contributed by atoms with E-state index in [4.69, 9.17) is 4.74 Å². The number of carbonyl (C=O) groups excluding carboxylic acids is 1. The number of carbonyl (C=O) groups is 1. The number of morpholine rings is 1. The zero-order valence-electron chi connectivity index (χ0n) is 20.1. The molecule has 0 atom stereocenters. The summed E-state index contributed by atoms with van der Waals surface area (Å²) >= 11 is 0. The second-order valence-corrected chi connectivity index (χ2v) is 8.84. The highest BCUT2D eigenvalue weighted by Gasteiger charge is 2.26. The molecule has 1 amide bonds. The van der Waals surface area contributed by atoms with Crippen molar-refractivity contribution >= 4 is 16.8 Å². The summed E-state index contributed by atoms with van der Waals surface area (Å²) in [5.74, 6) is -0.190. The molecule has 9 nitrogen and oxygen atoms in total. The largest absolute Gasteiger partial charge is 0.379 e. The van der Waals surface area contributed by atoms with Gasteiger partial charge >= 0.3 is 0 Å². The van der Waals surface area contributed by atoms with E-state index in [-0.39, 0.29) is 18.0 Å². The molecule has 1 aliphatic heterocycles. The van der Waals surface area contributed by atoms with E-state index in [9.17, 15) is 9.59 Å². The summed E-state index contributed by atoms with van der Waals surface area (Å²) in [6, 6.07) is 17.1. The molecule has 0 saturated carbocycles. The molecular formula is C26H30N6O3. The summed E-state index contributed by atoms with van der Waals surface area (Å²) in [5.41, 5.74) is 3.29. The first kappa shape index (κ1) is 23.1. The number of fused-ring (bicyclic) bond motifs is 1. The molecular weight excluding hydrogens is 444 g/mol. The van der Waals surface area contributed by atoms with Gasteiger partial charge in [-0.1, -0.05) is 36.4 Å². The van der Waals surface area contributed by atoms with Gasteiger partial charge in [0.1, 0.15) is 0 Å². The predicted molar refractivity (Wildman–Crippen MR) is 134 cm³/mol. The van der Waals surface area contributed by atoms with E-state index < -0.39 is 0 Å². The van der Waals surface area contributed by atoms with Crippen LogP contribution in [0.2, 0.25) is 0 Å². The van der Waals surface area contributed by atoms with E-state index >= 15 is 0 Å². The first-order valence-corrected chi connectivity index (χ1v) is 11.9. The van der Waals surface area contributed by atoms with Gasteiger partial charge in [-0.3, -0.25) is 24.3 Å². The summed E-state index contributed by atoms with van der Waals surface area (Å²) in [7, 11) is 1.87. The Morgan fingerprint density at radius 2 is 1.80 bits per heavy atom. The molecule has 0 bridgehead atoms. The lowest BCUT2D eigenvalue weighted by atomic mass is 10.1. The van der Waals surface area contributed by atoms with Crippen LogP contribution in [0.3, 0.4) is 0 Å². The summed E-state index contributed by atoms with van der Waals surface area (Å²) in [5, 5.41) is 8.06. The number of hydrogen-bond acceptors (Lipinski definition) is 5. The summed E-state index contributed by atoms with van der Waals surface area (Å²) < 4.78 is 8.96. The van der Waals surface area contributed by atoms with Crippen LogP contribution >= 0.6 is 0 Å². The quantitative estimate of drug-likeness (QED) is 0.444. The highest BCUT2D eigenvalue weighted by Crippen LogP contribution is 2.19. The zero-order valence-corrected chi connectivity index (χ0v) is 20.1. The molecule has 0 aliphatic carbocycles. The van der Waals surface area contributed by atoms with E-state index in [0.29, 0.717) is 37.6 Å². The normalized spacial score (nSPS) is 14.5. The van der Waals surface area contributed by atoms with Crippen molar-refractivity contribution in [1.82, 2.24) is 29.4 Å². The van der Waals surface area contributed by atoms with E-state index in [1.54, 1.807) is 9.58 Å². The Kier molecular flexibility index (Phi) is 6.52. The lowest BCUT2D eigenvalue weighted by Gasteiger charge is -2.29. The minimum Gasteiger partial charge on any atom is -0.379 e. The third-order valence-electron chi connectivity index (χ3n) is 6.77. The van der Waals surface area contributed by atoms with Crippen LogP contribution in [0.5, 0.6) is 0 Å². The topological polar surface area (TPSA) is 88.4 Å². The van der Waals surface area contributed by atoms with E-state index in [0.717, 1.165) is 35.4 Å². The molecule has 0 spiro atoms. The van der Waals surface area contributed by atoms with Crippen LogP contribution in [0.15, 0.2) is 59.4 Å². The SMILES string of the molecule is Cc1c(CN(CCN2CCOCC2)C(=O)c2n[nH]c3ccccc23)c(=O)n(-c2ccccc2)n1C. The second kappa shape index (κ2) is 9.89. The van der Waals surface area contributed by atoms with Crippen LogP contribution in [-0.4, -0.2) is 74.7 Å². The van der Waals surface area contributed by atoms with E-state index in [2.05, 4.69) is 15.1 Å². The number of nitrogens with one attached hydrogen (secondary N) is 1. The number of aromatic nitrogens is 4. The number of hydrogen-bond donors (Lipinski definition) is 1. The Balaban J connectivity index is 1.48. The number of ether oxygens (including phenoxy) is 1. The van der Waals surface area contributed by atoms with Crippen molar-refractivity contribution in [3.8, 4) is 5.69 Å². The fourth-order valence-corrected chi connectivity index (χ4v) is 4.61. The lowest BCUT2D eigenvalue weighted by molar-refractivity contribution is 0.0319. The van der Waals surface area contributed by atoms with Crippen molar-refractivity contribution in [2.45, 2.75) is 13.5 Å². The Morgan fingerprint density at radius 3 is 2.57 bits per heavy atom. The maximum Gasteiger partial charge on any atom is 0.276 e. The number of H-pyrrole nitrogens is 1. The molecule has 9 heteroatoms. The molecule has 3 heterocycles. The fraction of sp³-hybridized carbons (Fsp3) is 0.346. The van der Waals surface area contributed by atoms with Gasteiger partial charge < -0.3 is 9.64 Å². The zero-order chi connectivity index (χ0) is 24.4. The summed E-state index contributed by atoms with van der Waals surface area (Å²) in [6.07, 6.45) is 0. The van der Waals surface area contributed by atoms with Gasteiger partial charge in [0.25, 0.3) is 11.5 Å². The van der Waals surface area contributed by atoms with Crippen LogP contribution in [0.25, 0.3) is 16.6 Å². The molecule has 2 aromatic carbocycles. The Labute approximate surface area is 203 Å². The molecule has 1 fully saturated rings. The smallest absolute Gasteiger partial charge is 0.276 e. The molecule has 5 rings (SSSR count). The van der Waals surface area contributed by atoms with Gasteiger partial charge in [-0.05, 0) is 25.1 Å². The molecule has 35 heavy (non-hydrogen) atoms. The van der Waals surface area contributed by atoms with Crippen LogP contribution in [0.4, 0.5) is 0 Å². The maximum atomic E-state index is 13.8. The van der Waals surface area contributed by atoms with Crippen molar-refractivity contribution in [3.63, 3.8) is 0 Å². The van der Waals surface area contributed by atoms with Gasteiger partial charge in [0.05, 0.1) is 36.5 Å². The van der Waals surface area contributed by atoms with Gasteiger partial charge in [0, 0.05) is 44.3 Å². The van der Waals surface area contributed by atoms with Crippen molar-refractivity contribution in [2.75, 3.05) is 39.4 Å². The Bertz CT molecular complexity index is 1380. The number of para-hydroxylation sites is 2. The molecule has 1 N–H and O–H groups in total. The van der Waals surface area contributed by atoms with Gasteiger partial charge in [0.15, 0.2) is 5.69 Å². The maximum absolute atomic E-state index is 13.8. The van der Waals surface area contributed by atoms with Crippen molar-refractivity contribution in [1.29, 1.82) is 0 Å². The molecule has 2 aromatic heterocycles. The third kappa shape index (κ3) is 4.52. The molecule has 0 radical (unpaired) electrons. The first-order chi connectivity index (χ1) is 17.0. The average Bonchev–Trinajstić information content (AvgIpc) is 3.41. The average molecular weight is 475 g/mol. The predicted octanol–water partition coefficient (Wildman–Crippen LogP) is 2.34. The highest BCUT2D eigenvalue weighted by atomic mass is 16.5. The molecule has 1 aliphatic rings. The van der Waals surface area contributed by atoms with Gasteiger partial charge in [0.2, 0.25) is 0 Å². The van der Waals surface area contributed by atoms with Gasteiger partial charge in [-0.25, -0.2) is 4.68 Å². The lowest BCUT2D eigenvalue weighted by Crippen LogP contribution is -2.43. The minimum atomic E-state index is -0.190. The Hall–Kier alpha value is -3.69. The first-order valence-electron chi connectivity index (χ1n) is 11.9. The molecule has 1 saturated heterocycles.